The lowest BCUT2D eigenvalue weighted by molar-refractivity contribution is 0.0529. The van der Waals surface area contributed by atoms with Crippen LogP contribution in [0.2, 0.25) is 5.15 Å². The Morgan fingerprint density at radius 3 is 3.00 bits per heavy atom. The first-order valence-electron chi connectivity index (χ1n) is 4.72. The molecule has 2 rings (SSSR count). The molecule has 16 heavy (non-hydrogen) atoms. The van der Waals surface area contributed by atoms with E-state index in [2.05, 4.69) is 9.97 Å². The Labute approximate surface area is 101 Å². The van der Waals surface area contributed by atoms with Gasteiger partial charge in [-0.2, -0.15) is 0 Å². The fraction of sp³-hybridized carbons (Fsp3) is 0.300. The first-order valence-corrected chi connectivity index (χ1v) is 5.97. The van der Waals surface area contributed by atoms with Gasteiger partial charge in [0, 0.05) is 5.38 Å². The Morgan fingerprint density at radius 1 is 1.56 bits per heavy atom. The Hall–Kier alpha value is -1.20. The first kappa shape index (κ1) is 11.3. The molecule has 4 nitrogen and oxygen atoms in total. The smallest absolute Gasteiger partial charge is 0.341 e. The predicted octanol–water partition coefficient (Wildman–Crippen LogP) is 2.83. The highest BCUT2D eigenvalue weighted by atomic mass is 35.5. The summed E-state index contributed by atoms with van der Waals surface area (Å²) >= 11 is 7.31. The molecule has 0 aliphatic carbocycles. The largest absolute Gasteiger partial charge is 0.462 e. The number of aryl methyl sites for hydroxylation is 1. The third-order valence-electron chi connectivity index (χ3n) is 1.98. The fourth-order valence-corrected chi connectivity index (χ4v) is 2.54. The Bertz CT molecular complexity index is 553. The molecular formula is C10H9ClN2O2S. The van der Waals surface area contributed by atoms with Gasteiger partial charge in [0.25, 0.3) is 0 Å². The highest BCUT2D eigenvalue weighted by Crippen LogP contribution is 2.29. The molecule has 2 heterocycles. The van der Waals surface area contributed by atoms with E-state index in [1.54, 1.807) is 19.2 Å². The van der Waals surface area contributed by atoms with Crippen molar-refractivity contribution in [2.75, 3.05) is 6.61 Å². The van der Waals surface area contributed by atoms with Crippen molar-refractivity contribution >= 4 is 39.1 Å². The van der Waals surface area contributed by atoms with Gasteiger partial charge in [0.15, 0.2) is 5.15 Å². The summed E-state index contributed by atoms with van der Waals surface area (Å²) < 4.78 is 5.66. The van der Waals surface area contributed by atoms with Crippen molar-refractivity contribution in [1.29, 1.82) is 0 Å². The van der Waals surface area contributed by atoms with Crippen molar-refractivity contribution in [3.8, 4) is 0 Å². The van der Waals surface area contributed by atoms with Gasteiger partial charge in [-0.3, -0.25) is 0 Å². The van der Waals surface area contributed by atoms with Crippen molar-refractivity contribution in [3.05, 3.63) is 21.9 Å². The summed E-state index contributed by atoms with van der Waals surface area (Å²) in [5.74, 6) is 0.171. The summed E-state index contributed by atoms with van der Waals surface area (Å²) in [5.41, 5.74) is 1.02. The monoisotopic (exact) mass is 256 g/mol. The number of esters is 1. The Kier molecular flexibility index (Phi) is 3.07. The molecule has 2 aromatic heterocycles. The number of halogens is 1. The molecule has 0 spiro atoms. The van der Waals surface area contributed by atoms with E-state index in [4.69, 9.17) is 16.3 Å². The van der Waals surface area contributed by atoms with Crippen LogP contribution in [0.5, 0.6) is 0 Å². The van der Waals surface area contributed by atoms with Crippen LogP contribution in [0, 0.1) is 6.92 Å². The zero-order valence-corrected chi connectivity index (χ0v) is 10.4. The third kappa shape index (κ3) is 1.88. The van der Waals surface area contributed by atoms with Gasteiger partial charge in [0.1, 0.15) is 11.3 Å². The molecular weight excluding hydrogens is 248 g/mol. The molecule has 0 saturated carbocycles. The van der Waals surface area contributed by atoms with Crippen LogP contribution in [-0.2, 0) is 4.74 Å². The molecule has 0 bridgehead atoms. The number of nitrogens with zero attached hydrogens (tertiary/aromatic N) is 2. The highest BCUT2D eigenvalue weighted by molar-refractivity contribution is 7.18. The minimum atomic E-state index is -0.372. The molecule has 0 atom stereocenters. The molecule has 0 radical (unpaired) electrons. The number of aromatic nitrogens is 2. The normalized spacial score (nSPS) is 10.7. The van der Waals surface area contributed by atoms with Crippen molar-refractivity contribution in [1.82, 2.24) is 9.97 Å². The summed E-state index contributed by atoms with van der Waals surface area (Å²) in [7, 11) is 0. The summed E-state index contributed by atoms with van der Waals surface area (Å²) in [6.45, 7) is 3.84. The van der Waals surface area contributed by atoms with Gasteiger partial charge in [-0.1, -0.05) is 11.6 Å². The van der Waals surface area contributed by atoms with E-state index < -0.39 is 0 Å². The summed E-state index contributed by atoms with van der Waals surface area (Å²) in [6, 6.07) is 0. The molecule has 0 fully saturated rings. The fourth-order valence-electron chi connectivity index (χ4n) is 1.34. The lowest BCUT2D eigenvalue weighted by Crippen LogP contribution is -2.04. The van der Waals surface area contributed by atoms with Gasteiger partial charge < -0.3 is 4.74 Å². The zero-order chi connectivity index (χ0) is 11.7. The minimum absolute atomic E-state index is 0.341. The number of ether oxygens (including phenoxy) is 1. The Balaban J connectivity index is 2.60. The van der Waals surface area contributed by atoms with E-state index in [0.717, 1.165) is 4.70 Å². The zero-order valence-electron chi connectivity index (χ0n) is 8.78. The predicted molar refractivity (Wildman–Crippen MR) is 63.1 cm³/mol. The topological polar surface area (TPSA) is 52.1 Å². The van der Waals surface area contributed by atoms with Gasteiger partial charge >= 0.3 is 5.97 Å². The second-order valence-electron chi connectivity index (χ2n) is 3.11. The lowest BCUT2D eigenvalue weighted by Gasteiger charge is -2.00. The average Bonchev–Trinajstić information content (AvgIpc) is 2.61. The molecule has 0 unspecified atom stereocenters. The minimum Gasteiger partial charge on any atom is -0.462 e. The molecule has 6 heteroatoms. The van der Waals surface area contributed by atoms with Gasteiger partial charge in [-0.15, -0.1) is 11.3 Å². The Morgan fingerprint density at radius 2 is 2.31 bits per heavy atom. The number of hydrogen-bond acceptors (Lipinski definition) is 5. The van der Waals surface area contributed by atoms with Crippen molar-refractivity contribution in [2.45, 2.75) is 13.8 Å². The van der Waals surface area contributed by atoms with Gasteiger partial charge in [-0.25, -0.2) is 14.8 Å². The molecule has 0 aromatic carbocycles. The van der Waals surface area contributed by atoms with Gasteiger partial charge in [-0.05, 0) is 13.8 Å². The number of thiophene rings is 1. The summed E-state index contributed by atoms with van der Waals surface area (Å²) in [5, 5.41) is 2.07. The van der Waals surface area contributed by atoms with E-state index >= 15 is 0 Å². The maximum Gasteiger partial charge on any atom is 0.341 e. The van der Waals surface area contributed by atoms with Crippen LogP contribution in [0.1, 0.15) is 23.1 Å². The van der Waals surface area contributed by atoms with Crippen LogP contribution in [0.4, 0.5) is 0 Å². The van der Waals surface area contributed by atoms with Gasteiger partial charge in [0.05, 0.1) is 16.9 Å². The lowest BCUT2D eigenvalue weighted by atomic mass is 10.3. The van der Waals surface area contributed by atoms with Crippen LogP contribution in [0.25, 0.3) is 10.2 Å². The van der Waals surface area contributed by atoms with E-state index in [9.17, 15) is 4.79 Å². The van der Waals surface area contributed by atoms with Crippen LogP contribution < -0.4 is 0 Å². The molecule has 2 aromatic rings. The molecule has 84 valence electrons. The van der Waals surface area contributed by atoms with Crippen molar-refractivity contribution in [2.24, 2.45) is 0 Å². The molecule has 0 amide bonds. The maximum atomic E-state index is 11.6. The van der Waals surface area contributed by atoms with E-state index in [-0.39, 0.29) is 5.97 Å². The number of carbonyl (C=O) groups is 1. The van der Waals surface area contributed by atoms with E-state index in [0.29, 0.717) is 28.7 Å². The third-order valence-corrected chi connectivity index (χ3v) is 3.34. The molecule has 0 saturated heterocycles. The highest BCUT2D eigenvalue weighted by Gasteiger charge is 2.17. The number of carbonyl (C=O) groups excluding carboxylic acids is 1. The standard InChI is InChI=1S/C10H9ClN2O2S/c1-3-15-10(14)6-4-16-8-7(6)12-5(2)13-9(8)11/h4H,3H2,1-2H3. The quantitative estimate of drug-likeness (QED) is 0.612. The molecule has 0 N–H and O–H groups in total. The number of fused-ring (bicyclic) bond motifs is 1. The molecule has 0 aliphatic heterocycles. The van der Waals surface area contributed by atoms with Crippen molar-refractivity contribution < 1.29 is 9.53 Å². The second kappa shape index (κ2) is 4.35. The van der Waals surface area contributed by atoms with Crippen LogP contribution in [-0.4, -0.2) is 22.5 Å². The van der Waals surface area contributed by atoms with Crippen LogP contribution >= 0.6 is 22.9 Å². The summed E-state index contributed by atoms with van der Waals surface area (Å²) in [6.07, 6.45) is 0. The van der Waals surface area contributed by atoms with Gasteiger partial charge in [0.2, 0.25) is 0 Å². The maximum absolute atomic E-state index is 11.6. The van der Waals surface area contributed by atoms with Crippen molar-refractivity contribution in [3.63, 3.8) is 0 Å². The summed E-state index contributed by atoms with van der Waals surface area (Å²) in [4.78, 5) is 19.9. The van der Waals surface area contributed by atoms with E-state index in [1.807, 2.05) is 0 Å². The number of hydrogen-bond donors (Lipinski definition) is 0. The first-order chi connectivity index (χ1) is 7.63. The van der Waals surface area contributed by atoms with E-state index in [1.165, 1.54) is 11.3 Å². The number of rotatable bonds is 2. The molecule has 0 aliphatic rings. The second-order valence-corrected chi connectivity index (χ2v) is 4.35. The van der Waals surface area contributed by atoms with Crippen LogP contribution in [0.15, 0.2) is 5.38 Å². The van der Waals surface area contributed by atoms with Crippen LogP contribution in [0.3, 0.4) is 0 Å². The SMILES string of the molecule is CCOC(=O)c1csc2c(Cl)nc(C)nc12. The average molecular weight is 257 g/mol.